The van der Waals surface area contributed by atoms with Crippen LogP contribution in [0.15, 0.2) is 0 Å². The Morgan fingerprint density at radius 3 is 2.46 bits per heavy atom. The molecule has 0 aromatic carbocycles. The zero-order valence-electron chi connectivity index (χ0n) is 9.31. The molecule has 1 fully saturated rings. The first-order valence-electron chi connectivity index (χ1n) is 6.10. The predicted molar refractivity (Wildman–Crippen MR) is 58.9 cm³/mol. The third kappa shape index (κ3) is 4.12. The number of hydrogen-bond donors (Lipinski definition) is 1. The summed E-state index contributed by atoms with van der Waals surface area (Å²) in [5.74, 6) is 1.04. The molecule has 1 nitrogen and oxygen atoms in total. The number of rotatable bonds is 6. The van der Waals surface area contributed by atoms with Gasteiger partial charge in [0.15, 0.2) is 0 Å². The van der Waals surface area contributed by atoms with Crippen LogP contribution in [0.2, 0.25) is 0 Å². The summed E-state index contributed by atoms with van der Waals surface area (Å²) < 4.78 is 0. The monoisotopic (exact) mass is 183 g/mol. The molecule has 0 heterocycles. The normalized spacial score (nSPS) is 20.8. The third-order valence-corrected chi connectivity index (χ3v) is 3.27. The molecule has 13 heavy (non-hydrogen) atoms. The molecule has 0 bridgehead atoms. The lowest BCUT2D eigenvalue weighted by Crippen LogP contribution is -2.30. The molecular weight excluding hydrogens is 158 g/mol. The molecule has 78 valence electrons. The molecule has 1 atom stereocenters. The molecule has 1 N–H and O–H groups in total. The maximum absolute atomic E-state index is 3.65. The van der Waals surface area contributed by atoms with Gasteiger partial charge < -0.3 is 5.32 Å². The maximum atomic E-state index is 3.65. The molecule has 1 saturated carbocycles. The fourth-order valence-corrected chi connectivity index (χ4v) is 2.39. The molecule has 0 aromatic rings. The third-order valence-electron chi connectivity index (χ3n) is 3.27. The average Bonchev–Trinajstić information content (AvgIpc) is 2.64. The van der Waals surface area contributed by atoms with Crippen molar-refractivity contribution in [3.8, 4) is 0 Å². The molecule has 1 aliphatic rings. The van der Waals surface area contributed by atoms with Crippen molar-refractivity contribution in [2.75, 3.05) is 6.54 Å². The van der Waals surface area contributed by atoms with Gasteiger partial charge in [0.25, 0.3) is 0 Å². The van der Waals surface area contributed by atoms with E-state index in [4.69, 9.17) is 0 Å². The second kappa shape index (κ2) is 6.42. The highest BCUT2D eigenvalue weighted by Crippen LogP contribution is 2.28. The Morgan fingerprint density at radius 1 is 1.23 bits per heavy atom. The fraction of sp³-hybridized carbons (Fsp3) is 1.00. The molecule has 0 amide bonds. The summed E-state index contributed by atoms with van der Waals surface area (Å²) in [5.41, 5.74) is 0. The van der Waals surface area contributed by atoms with Crippen molar-refractivity contribution < 1.29 is 0 Å². The van der Waals surface area contributed by atoms with Gasteiger partial charge in [-0.2, -0.15) is 0 Å². The summed E-state index contributed by atoms with van der Waals surface area (Å²) in [6.45, 7) is 5.75. The Balaban J connectivity index is 2.13. The van der Waals surface area contributed by atoms with Gasteiger partial charge in [-0.3, -0.25) is 0 Å². The van der Waals surface area contributed by atoms with Gasteiger partial charge in [-0.25, -0.2) is 0 Å². The fourth-order valence-electron chi connectivity index (χ4n) is 2.39. The Bertz CT molecular complexity index is 116. The lowest BCUT2D eigenvalue weighted by molar-refractivity contribution is 0.379. The van der Waals surface area contributed by atoms with Crippen molar-refractivity contribution in [2.24, 2.45) is 5.92 Å². The van der Waals surface area contributed by atoms with Crippen LogP contribution in [0, 0.1) is 5.92 Å². The minimum Gasteiger partial charge on any atom is -0.314 e. The van der Waals surface area contributed by atoms with E-state index in [1.54, 1.807) is 0 Å². The molecular formula is C12H25N. The van der Waals surface area contributed by atoms with E-state index in [1.165, 1.54) is 51.5 Å². The molecule has 0 spiro atoms. The topological polar surface area (TPSA) is 12.0 Å². The molecule has 1 unspecified atom stereocenters. The van der Waals surface area contributed by atoms with E-state index in [0.29, 0.717) is 0 Å². The highest BCUT2D eigenvalue weighted by atomic mass is 14.9. The summed E-state index contributed by atoms with van der Waals surface area (Å²) in [5, 5.41) is 3.65. The standard InChI is InChI=1S/C12H25N/c1-3-9-13-12(4-2)10-11-7-5-6-8-11/h11-13H,3-10H2,1-2H3. The van der Waals surface area contributed by atoms with E-state index in [0.717, 1.165) is 12.0 Å². The Kier molecular flexibility index (Phi) is 5.45. The minimum atomic E-state index is 0.794. The van der Waals surface area contributed by atoms with Crippen molar-refractivity contribution in [3.63, 3.8) is 0 Å². The summed E-state index contributed by atoms with van der Waals surface area (Å²) in [6, 6.07) is 0.794. The van der Waals surface area contributed by atoms with Crippen molar-refractivity contribution in [1.82, 2.24) is 5.32 Å². The van der Waals surface area contributed by atoms with E-state index in [1.807, 2.05) is 0 Å². The highest BCUT2D eigenvalue weighted by molar-refractivity contribution is 4.74. The van der Waals surface area contributed by atoms with Gasteiger partial charge in [0.1, 0.15) is 0 Å². The summed E-state index contributed by atoms with van der Waals surface area (Å²) in [6.07, 6.45) is 9.94. The van der Waals surface area contributed by atoms with Crippen LogP contribution in [0.5, 0.6) is 0 Å². The summed E-state index contributed by atoms with van der Waals surface area (Å²) >= 11 is 0. The second-order valence-corrected chi connectivity index (χ2v) is 4.45. The lowest BCUT2D eigenvalue weighted by Gasteiger charge is -2.20. The molecule has 1 heteroatoms. The van der Waals surface area contributed by atoms with Crippen LogP contribution in [0.25, 0.3) is 0 Å². The molecule has 0 saturated heterocycles. The molecule has 1 aliphatic carbocycles. The van der Waals surface area contributed by atoms with Gasteiger partial charge >= 0.3 is 0 Å². The summed E-state index contributed by atoms with van der Waals surface area (Å²) in [4.78, 5) is 0. The second-order valence-electron chi connectivity index (χ2n) is 4.45. The van der Waals surface area contributed by atoms with Gasteiger partial charge in [-0.1, -0.05) is 39.5 Å². The molecule has 0 aliphatic heterocycles. The predicted octanol–water partition coefficient (Wildman–Crippen LogP) is 3.34. The van der Waals surface area contributed by atoms with E-state index in [9.17, 15) is 0 Å². The van der Waals surface area contributed by atoms with Crippen LogP contribution in [-0.2, 0) is 0 Å². The van der Waals surface area contributed by atoms with Crippen LogP contribution in [0.1, 0.15) is 58.8 Å². The van der Waals surface area contributed by atoms with Crippen molar-refractivity contribution in [1.29, 1.82) is 0 Å². The Labute approximate surface area is 83.3 Å². The van der Waals surface area contributed by atoms with Crippen molar-refractivity contribution in [2.45, 2.75) is 64.8 Å². The molecule has 0 aromatic heterocycles. The smallest absolute Gasteiger partial charge is 0.00670 e. The van der Waals surface area contributed by atoms with Crippen LogP contribution in [0.3, 0.4) is 0 Å². The van der Waals surface area contributed by atoms with E-state index in [-0.39, 0.29) is 0 Å². The van der Waals surface area contributed by atoms with E-state index >= 15 is 0 Å². The van der Waals surface area contributed by atoms with E-state index < -0.39 is 0 Å². The van der Waals surface area contributed by atoms with Crippen molar-refractivity contribution >= 4 is 0 Å². The Hall–Kier alpha value is -0.0400. The first-order chi connectivity index (χ1) is 6.36. The van der Waals surface area contributed by atoms with Crippen LogP contribution in [-0.4, -0.2) is 12.6 Å². The maximum Gasteiger partial charge on any atom is 0.00670 e. The molecule has 1 rings (SSSR count). The van der Waals surface area contributed by atoms with Gasteiger partial charge in [-0.05, 0) is 31.7 Å². The van der Waals surface area contributed by atoms with Crippen molar-refractivity contribution in [3.05, 3.63) is 0 Å². The SMILES string of the molecule is CCCNC(CC)CC1CCCC1. The van der Waals surface area contributed by atoms with Crippen LogP contribution in [0.4, 0.5) is 0 Å². The van der Waals surface area contributed by atoms with Crippen LogP contribution < -0.4 is 5.32 Å². The zero-order valence-corrected chi connectivity index (χ0v) is 9.31. The number of hydrogen-bond acceptors (Lipinski definition) is 1. The average molecular weight is 183 g/mol. The summed E-state index contributed by atoms with van der Waals surface area (Å²) in [7, 11) is 0. The number of nitrogens with one attached hydrogen (secondary N) is 1. The van der Waals surface area contributed by atoms with Crippen LogP contribution >= 0.6 is 0 Å². The van der Waals surface area contributed by atoms with Gasteiger partial charge in [0.2, 0.25) is 0 Å². The van der Waals surface area contributed by atoms with Gasteiger partial charge in [0, 0.05) is 6.04 Å². The quantitative estimate of drug-likeness (QED) is 0.666. The Morgan fingerprint density at radius 2 is 1.92 bits per heavy atom. The largest absolute Gasteiger partial charge is 0.314 e. The molecule has 0 radical (unpaired) electrons. The first kappa shape index (κ1) is 11.0. The van der Waals surface area contributed by atoms with Gasteiger partial charge in [-0.15, -0.1) is 0 Å². The van der Waals surface area contributed by atoms with Gasteiger partial charge in [0.05, 0.1) is 0 Å². The highest BCUT2D eigenvalue weighted by Gasteiger charge is 2.18. The minimum absolute atomic E-state index is 0.794. The van der Waals surface area contributed by atoms with E-state index in [2.05, 4.69) is 19.2 Å². The zero-order chi connectivity index (χ0) is 9.52. The first-order valence-corrected chi connectivity index (χ1v) is 6.10. The lowest BCUT2D eigenvalue weighted by atomic mass is 9.97.